The minimum Gasteiger partial charge on any atom is -0.454 e. The van der Waals surface area contributed by atoms with Gasteiger partial charge < -0.3 is 14.2 Å². The van der Waals surface area contributed by atoms with Crippen molar-refractivity contribution in [2.75, 3.05) is 6.79 Å². The van der Waals surface area contributed by atoms with E-state index in [4.69, 9.17) is 14.2 Å². The van der Waals surface area contributed by atoms with E-state index in [1.807, 2.05) is 24.3 Å². The molecule has 2 heterocycles. The SMILES string of the molecule is O=C1OC(c2ccc3c(c2)OCO3)=NC1=Cc1ccccc1Br. The second-order valence-corrected chi connectivity index (χ2v) is 5.78. The number of fused-ring (bicyclic) bond motifs is 1. The molecule has 114 valence electrons. The Balaban J connectivity index is 1.69. The molecule has 4 rings (SSSR count). The largest absolute Gasteiger partial charge is 0.454 e. The van der Waals surface area contributed by atoms with E-state index in [1.54, 1.807) is 24.3 Å². The molecule has 0 spiro atoms. The number of aliphatic imine (C=N–C) groups is 1. The number of hydrogen-bond acceptors (Lipinski definition) is 5. The summed E-state index contributed by atoms with van der Waals surface area (Å²) in [5.74, 6) is 1.06. The van der Waals surface area contributed by atoms with Gasteiger partial charge in [-0.3, -0.25) is 0 Å². The summed E-state index contributed by atoms with van der Waals surface area (Å²) in [6.07, 6.45) is 1.69. The fraction of sp³-hybridized carbons (Fsp3) is 0.0588. The molecule has 0 atom stereocenters. The summed E-state index contributed by atoms with van der Waals surface area (Å²) in [5, 5.41) is 0. The number of benzene rings is 2. The highest BCUT2D eigenvalue weighted by atomic mass is 79.9. The molecule has 0 aromatic heterocycles. The Kier molecular flexibility index (Phi) is 3.38. The topological polar surface area (TPSA) is 57.1 Å². The Hall–Kier alpha value is -2.60. The van der Waals surface area contributed by atoms with Gasteiger partial charge in [-0.25, -0.2) is 9.79 Å². The van der Waals surface area contributed by atoms with E-state index in [2.05, 4.69) is 20.9 Å². The average Bonchev–Trinajstić information content (AvgIpc) is 3.16. The maximum absolute atomic E-state index is 12.0. The lowest BCUT2D eigenvalue weighted by molar-refractivity contribution is -0.129. The Morgan fingerprint density at radius 1 is 1.09 bits per heavy atom. The van der Waals surface area contributed by atoms with Gasteiger partial charge in [-0.05, 0) is 35.9 Å². The van der Waals surface area contributed by atoms with Crippen LogP contribution in [0.5, 0.6) is 11.5 Å². The van der Waals surface area contributed by atoms with Gasteiger partial charge in [0.1, 0.15) is 0 Å². The number of hydrogen-bond donors (Lipinski definition) is 0. The molecule has 0 saturated carbocycles. The second-order valence-electron chi connectivity index (χ2n) is 4.93. The number of ether oxygens (including phenoxy) is 3. The number of carbonyl (C=O) groups is 1. The number of cyclic esters (lactones) is 1. The predicted molar refractivity (Wildman–Crippen MR) is 87.3 cm³/mol. The zero-order valence-corrected chi connectivity index (χ0v) is 13.4. The summed E-state index contributed by atoms with van der Waals surface area (Å²) >= 11 is 3.44. The zero-order valence-electron chi connectivity index (χ0n) is 11.8. The van der Waals surface area contributed by atoms with Crippen LogP contribution in [0.15, 0.2) is 57.6 Å². The molecular formula is C17H10BrNO4. The summed E-state index contributed by atoms with van der Waals surface area (Å²) in [6.45, 7) is 0.193. The molecule has 0 unspecified atom stereocenters. The second kappa shape index (κ2) is 5.55. The van der Waals surface area contributed by atoms with Crippen LogP contribution in [0, 0.1) is 0 Å². The van der Waals surface area contributed by atoms with Crippen molar-refractivity contribution in [3.8, 4) is 11.5 Å². The van der Waals surface area contributed by atoms with E-state index in [-0.39, 0.29) is 18.4 Å². The van der Waals surface area contributed by atoms with Crippen molar-refractivity contribution in [2.45, 2.75) is 0 Å². The Labute approximate surface area is 140 Å². The van der Waals surface area contributed by atoms with Gasteiger partial charge in [-0.15, -0.1) is 0 Å². The van der Waals surface area contributed by atoms with Crippen LogP contribution < -0.4 is 9.47 Å². The van der Waals surface area contributed by atoms with Crippen molar-refractivity contribution in [1.82, 2.24) is 0 Å². The smallest absolute Gasteiger partial charge is 0.363 e. The fourth-order valence-electron chi connectivity index (χ4n) is 2.30. The Morgan fingerprint density at radius 3 is 2.78 bits per heavy atom. The van der Waals surface area contributed by atoms with Crippen LogP contribution in [0.25, 0.3) is 6.08 Å². The molecule has 6 heteroatoms. The normalized spacial score (nSPS) is 17.3. The lowest BCUT2D eigenvalue weighted by Crippen LogP contribution is -2.05. The zero-order chi connectivity index (χ0) is 15.8. The molecular weight excluding hydrogens is 362 g/mol. The van der Waals surface area contributed by atoms with Gasteiger partial charge in [0.2, 0.25) is 12.7 Å². The van der Waals surface area contributed by atoms with Gasteiger partial charge >= 0.3 is 5.97 Å². The predicted octanol–water partition coefficient (Wildman–Crippen LogP) is 3.52. The summed E-state index contributed by atoms with van der Waals surface area (Å²) < 4.78 is 16.7. The molecule has 5 nitrogen and oxygen atoms in total. The van der Waals surface area contributed by atoms with E-state index in [9.17, 15) is 4.79 Å². The standard InChI is InChI=1S/C17H10BrNO4/c18-12-4-2-1-3-10(12)7-13-17(20)23-16(19-13)11-5-6-14-15(8-11)22-9-21-14/h1-8H,9H2. The van der Waals surface area contributed by atoms with Crippen LogP contribution in [0.1, 0.15) is 11.1 Å². The molecule has 2 aliphatic heterocycles. The molecule has 2 aromatic rings. The molecule has 0 fully saturated rings. The van der Waals surface area contributed by atoms with Gasteiger partial charge in [0.25, 0.3) is 0 Å². The molecule has 2 aromatic carbocycles. The number of halogens is 1. The van der Waals surface area contributed by atoms with Crippen molar-refractivity contribution < 1.29 is 19.0 Å². The van der Waals surface area contributed by atoms with Gasteiger partial charge in [0.15, 0.2) is 17.2 Å². The van der Waals surface area contributed by atoms with Crippen LogP contribution in [0.3, 0.4) is 0 Å². The van der Waals surface area contributed by atoms with Crippen molar-refractivity contribution in [1.29, 1.82) is 0 Å². The van der Waals surface area contributed by atoms with Gasteiger partial charge in [-0.2, -0.15) is 0 Å². The summed E-state index contributed by atoms with van der Waals surface area (Å²) in [7, 11) is 0. The third kappa shape index (κ3) is 2.61. The maximum atomic E-state index is 12.0. The minimum atomic E-state index is -0.478. The fourth-order valence-corrected chi connectivity index (χ4v) is 2.70. The van der Waals surface area contributed by atoms with Gasteiger partial charge in [0.05, 0.1) is 0 Å². The van der Waals surface area contributed by atoms with Crippen LogP contribution in [0.4, 0.5) is 0 Å². The van der Waals surface area contributed by atoms with Gasteiger partial charge in [0, 0.05) is 10.0 Å². The molecule has 0 aliphatic carbocycles. The van der Waals surface area contributed by atoms with Crippen LogP contribution >= 0.6 is 15.9 Å². The molecule has 2 aliphatic rings. The summed E-state index contributed by atoms with van der Waals surface area (Å²) in [6, 6.07) is 12.9. The first kappa shape index (κ1) is 14.0. The molecule has 0 saturated heterocycles. The van der Waals surface area contributed by atoms with Crippen LogP contribution in [-0.2, 0) is 9.53 Å². The highest BCUT2D eigenvalue weighted by Gasteiger charge is 2.26. The lowest BCUT2D eigenvalue weighted by Gasteiger charge is -2.01. The Morgan fingerprint density at radius 2 is 1.91 bits per heavy atom. The molecule has 23 heavy (non-hydrogen) atoms. The number of esters is 1. The number of rotatable bonds is 2. The first-order valence-electron chi connectivity index (χ1n) is 6.88. The summed E-state index contributed by atoms with van der Waals surface area (Å²) in [4.78, 5) is 16.3. The van der Waals surface area contributed by atoms with Crippen LogP contribution in [-0.4, -0.2) is 18.7 Å². The number of nitrogens with zero attached hydrogens (tertiary/aromatic N) is 1. The third-order valence-corrected chi connectivity index (χ3v) is 4.16. The third-order valence-electron chi connectivity index (χ3n) is 3.44. The van der Waals surface area contributed by atoms with E-state index >= 15 is 0 Å². The monoisotopic (exact) mass is 371 g/mol. The van der Waals surface area contributed by atoms with E-state index in [0.717, 1.165) is 10.0 Å². The summed E-state index contributed by atoms with van der Waals surface area (Å²) in [5.41, 5.74) is 1.78. The van der Waals surface area contributed by atoms with E-state index in [0.29, 0.717) is 17.1 Å². The van der Waals surface area contributed by atoms with Crippen molar-refractivity contribution in [3.63, 3.8) is 0 Å². The Bertz CT molecular complexity index is 873. The maximum Gasteiger partial charge on any atom is 0.363 e. The minimum absolute atomic E-state index is 0.193. The number of carbonyl (C=O) groups excluding carboxylic acids is 1. The van der Waals surface area contributed by atoms with E-state index in [1.165, 1.54) is 0 Å². The van der Waals surface area contributed by atoms with Crippen LogP contribution in [0.2, 0.25) is 0 Å². The van der Waals surface area contributed by atoms with E-state index < -0.39 is 5.97 Å². The lowest BCUT2D eigenvalue weighted by atomic mass is 10.2. The van der Waals surface area contributed by atoms with Gasteiger partial charge in [-0.1, -0.05) is 34.1 Å². The van der Waals surface area contributed by atoms with Crippen molar-refractivity contribution in [2.24, 2.45) is 4.99 Å². The first-order chi connectivity index (χ1) is 11.2. The molecule has 0 amide bonds. The molecule has 0 N–H and O–H groups in total. The molecule has 0 radical (unpaired) electrons. The first-order valence-corrected chi connectivity index (χ1v) is 7.67. The highest BCUT2D eigenvalue weighted by molar-refractivity contribution is 9.10. The van der Waals surface area contributed by atoms with Crippen molar-refractivity contribution in [3.05, 3.63) is 63.8 Å². The average molecular weight is 372 g/mol. The van der Waals surface area contributed by atoms with Crippen molar-refractivity contribution >= 4 is 33.9 Å². The quantitative estimate of drug-likeness (QED) is 0.598. The molecule has 0 bridgehead atoms. The highest BCUT2D eigenvalue weighted by Crippen LogP contribution is 2.33.